The zero-order valence-electron chi connectivity index (χ0n) is 10.1. The molecule has 1 unspecified atom stereocenters. The van der Waals surface area contributed by atoms with E-state index in [9.17, 15) is 8.78 Å². The van der Waals surface area contributed by atoms with Gasteiger partial charge in [0.15, 0.2) is 11.6 Å². The van der Waals surface area contributed by atoms with Gasteiger partial charge >= 0.3 is 0 Å². The maximum atomic E-state index is 13.0. The molecule has 2 aromatic rings. The van der Waals surface area contributed by atoms with E-state index in [-0.39, 0.29) is 6.04 Å². The number of nitrogens with one attached hydrogen (secondary N) is 1. The molecule has 2 rings (SSSR count). The number of aromatic nitrogens is 2. The van der Waals surface area contributed by atoms with Gasteiger partial charge < -0.3 is 9.88 Å². The summed E-state index contributed by atoms with van der Waals surface area (Å²) in [6, 6.07) is 4.15. The molecule has 0 spiro atoms. The van der Waals surface area contributed by atoms with Crippen molar-refractivity contribution in [2.45, 2.75) is 26.1 Å². The highest BCUT2D eigenvalue weighted by molar-refractivity contribution is 5.17. The fourth-order valence-electron chi connectivity index (χ4n) is 1.72. The first-order valence-electron chi connectivity index (χ1n) is 5.78. The molecule has 1 heterocycles. The molecule has 1 aromatic heterocycles. The van der Waals surface area contributed by atoms with Crippen LogP contribution in [0.4, 0.5) is 8.78 Å². The Balaban J connectivity index is 1.85. The molecule has 0 saturated carbocycles. The molecule has 96 valence electrons. The van der Waals surface area contributed by atoms with E-state index < -0.39 is 11.6 Å². The minimum Gasteiger partial charge on any atom is -0.336 e. The van der Waals surface area contributed by atoms with Crippen LogP contribution in [0.15, 0.2) is 36.9 Å². The molecule has 1 atom stereocenters. The van der Waals surface area contributed by atoms with Gasteiger partial charge in [-0.15, -0.1) is 0 Å². The SMILES string of the molecule is CC(Cn1ccnc1)NCc1ccc(F)c(F)c1. The van der Waals surface area contributed by atoms with Crippen molar-refractivity contribution in [1.82, 2.24) is 14.9 Å². The van der Waals surface area contributed by atoms with Gasteiger partial charge in [0.25, 0.3) is 0 Å². The minimum absolute atomic E-state index is 0.215. The molecule has 18 heavy (non-hydrogen) atoms. The lowest BCUT2D eigenvalue weighted by Gasteiger charge is -2.14. The second-order valence-corrected chi connectivity index (χ2v) is 4.29. The van der Waals surface area contributed by atoms with Crippen molar-refractivity contribution in [3.8, 4) is 0 Å². The number of halogens is 2. The van der Waals surface area contributed by atoms with Gasteiger partial charge in [-0.25, -0.2) is 13.8 Å². The molecule has 0 aliphatic carbocycles. The van der Waals surface area contributed by atoms with Crippen LogP contribution in [0.2, 0.25) is 0 Å². The zero-order chi connectivity index (χ0) is 13.0. The number of imidazole rings is 1. The maximum Gasteiger partial charge on any atom is 0.159 e. The van der Waals surface area contributed by atoms with E-state index in [1.807, 2.05) is 17.7 Å². The number of rotatable bonds is 5. The highest BCUT2D eigenvalue weighted by Gasteiger charge is 2.05. The van der Waals surface area contributed by atoms with Gasteiger partial charge in [-0.3, -0.25) is 0 Å². The molecule has 0 amide bonds. The summed E-state index contributed by atoms with van der Waals surface area (Å²) >= 11 is 0. The van der Waals surface area contributed by atoms with Gasteiger partial charge in [-0.2, -0.15) is 0 Å². The van der Waals surface area contributed by atoms with Crippen LogP contribution >= 0.6 is 0 Å². The number of hydrogen-bond donors (Lipinski definition) is 1. The largest absolute Gasteiger partial charge is 0.336 e. The fraction of sp³-hybridized carbons (Fsp3) is 0.308. The van der Waals surface area contributed by atoms with Crippen molar-refractivity contribution in [2.24, 2.45) is 0 Å². The van der Waals surface area contributed by atoms with Gasteiger partial charge in [0.2, 0.25) is 0 Å². The van der Waals surface area contributed by atoms with E-state index in [0.29, 0.717) is 6.54 Å². The summed E-state index contributed by atoms with van der Waals surface area (Å²) in [7, 11) is 0. The molecule has 5 heteroatoms. The number of nitrogens with zero attached hydrogens (tertiary/aromatic N) is 2. The summed E-state index contributed by atoms with van der Waals surface area (Å²) in [4.78, 5) is 3.96. The molecule has 0 aliphatic heterocycles. The average molecular weight is 251 g/mol. The van der Waals surface area contributed by atoms with Crippen LogP contribution in [-0.2, 0) is 13.1 Å². The lowest BCUT2D eigenvalue weighted by atomic mass is 10.2. The van der Waals surface area contributed by atoms with Crippen LogP contribution in [-0.4, -0.2) is 15.6 Å². The average Bonchev–Trinajstić information content (AvgIpc) is 2.83. The van der Waals surface area contributed by atoms with E-state index in [0.717, 1.165) is 18.2 Å². The normalized spacial score (nSPS) is 12.6. The number of benzene rings is 1. The van der Waals surface area contributed by atoms with E-state index in [1.54, 1.807) is 18.6 Å². The standard InChI is InChI=1S/C13H15F2N3/c1-10(8-18-5-4-16-9-18)17-7-11-2-3-12(14)13(15)6-11/h2-6,9-10,17H,7-8H2,1H3. The molecule has 0 fully saturated rings. The van der Waals surface area contributed by atoms with Gasteiger partial charge in [-0.05, 0) is 24.6 Å². The van der Waals surface area contributed by atoms with Crippen LogP contribution in [0, 0.1) is 11.6 Å². The highest BCUT2D eigenvalue weighted by atomic mass is 19.2. The summed E-state index contributed by atoms with van der Waals surface area (Å²) in [5.41, 5.74) is 0.728. The van der Waals surface area contributed by atoms with Crippen molar-refractivity contribution in [1.29, 1.82) is 0 Å². The molecule has 0 aliphatic rings. The zero-order valence-corrected chi connectivity index (χ0v) is 10.1. The third-order valence-corrected chi connectivity index (χ3v) is 2.68. The van der Waals surface area contributed by atoms with Crippen molar-refractivity contribution in [3.05, 3.63) is 54.1 Å². The van der Waals surface area contributed by atoms with E-state index in [4.69, 9.17) is 0 Å². The van der Waals surface area contributed by atoms with Crippen LogP contribution < -0.4 is 5.32 Å². The van der Waals surface area contributed by atoms with Gasteiger partial charge in [0.1, 0.15) is 0 Å². The number of hydrogen-bond acceptors (Lipinski definition) is 2. The minimum atomic E-state index is -0.815. The molecule has 1 aromatic carbocycles. The van der Waals surface area contributed by atoms with Crippen LogP contribution in [0.3, 0.4) is 0 Å². The Morgan fingerprint density at radius 3 is 2.83 bits per heavy atom. The van der Waals surface area contributed by atoms with Gasteiger partial charge in [-0.1, -0.05) is 6.07 Å². The third-order valence-electron chi connectivity index (χ3n) is 2.68. The molecule has 3 nitrogen and oxygen atoms in total. The Morgan fingerprint density at radius 1 is 1.33 bits per heavy atom. The summed E-state index contributed by atoms with van der Waals surface area (Å²) in [6.45, 7) is 3.32. The van der Waals surface area contributed by atoms with Crippen molar-refractivity contribution < 1.29 is 8.78 Å². The van der Waals surface area contributed by atoms with Crippen molar-refractivity contribution >= 4 is 0 Å². The smallest absolute Gasteiger partial charge is 0.159 e. The molecular weight excluding hydrogens is 236 g/mol. The predicted molar refractivity (Wildman–Crippen MR) is 64.9 cm³/mol. The van der Waals surface area contributed by atoms with Gasteiger partial charge in [0.05, 0.1) is 6.33 Å². The first kappa shape index (κ1) is 12.7. The molecule has 0 radical (unpaired) electrons. The Morgan fingerprint density at radius 2 is 2.17 bits per heavy atom. The Bertz CT molecular complexity index is 497. The Labute approximate surface area is 104 Å². The first-order chi connectivity index (χ1) is 8.65. The topological polar surface area (TPSA) is 29.9 Å². The molecule has 1 N–H and O–H groups in total. The Kier molecular flexibility index (Phi) is 4.04. The Hall–Kier alpha value is -1.75. The van der Waals surface area contributed by atoms with Crippen molar-refractivity contribution in [3.63, 3.8) is 0 Å². The van der Waals surface area contributed by atoms with E-state index in [1.165, 1.54) is 6.07 Å². The highest BCUT2D eigenvalue weighted by Crippen LogP contribution is 2.08. The summed E-state index contributed by atoms with van der Waals surface area (Å²) in [5, 5.41) is 3.25. The van der Waals surface area contributed by atoms with Crippen molar-refractivity contribution in [2.75, 3.05) is 0 Å². The maximum absolute atomic E-state index is 13.0. The summed E-state index contributed by atoms with van der Waals surface area (Å²) in [5.74, 6) is -1.62. The monoisotopic (exact) mass is 251 g/mol. The molecule has 0 saturated heterocycles. The predicted octanol–water partition coefficient (Wildman–Crippen LogP) is 2.34. The van der Waals surface area contributed by atoms with E-state index >= 15 is 0 Å². The van der Waals surface area contributed by atoms with Crippen LogP contribution in [0.1, 0.15) is 12.5 Å². The first-order valence-corrected chi connectivity index (χ1v) is 5.78. The fourth-order valence-corrected chi connectivity index (χ4v) is 1.72. The molecule has 0 bridgehead atoms. The van der Waals surface area contributed by atoms with E-state index in [2.05, 4.69) is 10.3 Å². The summed E-state index contributed by atoms with van der Waals surface area (Å²) in [6.07, 6.45) is 5.35. The second kappa shape index (κ2) is 5.73. The van der Waals surface area contributed by atoms with Crippen LogP contribution in [0.25, 0.3) is 0 Å². The van der Waals surface area contributed by atoms with Crippen LogP contribution in [0.5, 0.6) is 0 Å². The quantitative estimate of drug-likeness (QED) is 0.884. The lowest BCUT2D eigenvalue weighted by Crippen LogP contribution is -2.29. The summed E-state index contributed by atoms with van der Waals surface area (Å²) < 4.78 is 27.7. The second-order valence-electron chi connectivity index (χ2n) is 4.29. The molecular formula is C13H15F2N3. The lowest BCUT2D eigenvalue weighted by molar-refractivity contribution is 0.472. The van der Waals surface area contributed by atoms with Gasteiger partial charge in [0, 0.05) is 31.5 Å². The third kappa shape index (κ3) is 3.37.